The highest BCUT2D eigenvalue weighted by molar-refractivity contribution is 7.22. The predicted molar refractivity (Wildman–Crippen MR) is 118 cm³/mol. The third-order valence-corrected chi connectivity index (χ3v) is 5.37. The first-order valence-corrected chi connectivity index (χ1v) is 10.5. The highest BCUT2D eigenvalue weighted by atomic mass is 32.1. The number of methoxy groups -OCH3 is 1. The van der Waals surface area contributed by atoms with E-state index < -0.39 is 0 Å². The summed E-state index contributed by atoms with van der Waals surface area (Å²) in [7, 11) is 1.58. The Morgan fingerprint density at radius 1 is 1.20 bits per heavy atom. The minimum Gasteiger partial charge on any atom is -0.383 e. The van der Waals surface area contributed by atoms with Crippen LogP contribution in [0.4, 0.5) is 5.13 Å². The number of nitrogens with one attached hydrogen (secondary N) is 2. The summed E-state index contributed by atoms with van der Waals surface area (Å²) in [4.78, 5) is 30.0. The van der Waals surface area contributed by atoms with Crippen molar-refractivity contribution in [2.75, 3.05) is 19.0 Å². The zero-order valence-electron chi connectivity index (χ0n) is 18.1. The summed E-state index contributed by atoms with van der Waals surface area (Å²) in [6.07, 6.45) is 0. The second-order valence-corrected chi connectivity index (χ2v) is 9.25. The molecule has 1 atom stereocenters. The van der Waals surface area contributed by atoms with E-state index in [4.69, 9.17) is 4.74 Å². The van der Waals surface area contributed by atoms with E-state index in [9.17, 15) is 9.59 Å². The monoisotopic (exact) mass is 429 g/mol. The summed E-state index contributed by atoms with van der Waals surface area (Å²) >= 11 is 1.24. The van der Waals surface area contributed by atoms with Gasteiger partial charge in [0.05, 0.1) is 12.1 Å². The number of carbonyl (C=O) groups excluding carboxylic acids is 2. The van der Waals surface area contributed by atoms with Gasteiger partial charge in [0.1, 0.15) is 4.70 Å². The van der Waals surface area contributed by atoms with E-state index in [0.29, 0.717) is 27.6 Å². The second kappa shape index (κ2) is 8.53. The van der Waals surface area contributed by atoms with Gasteiger partial charge in [-0.3, -0.25) is 14.9 Å². The first-order valence-electron chi connectivity index (χ1n) is 9.68. The quantitative estimate of drug-likeness (QED) is 0.624. The number of ether oxygens (including phenoxy) is 1. The fourth-order valence-corrected chi connectivity index (χ4v) is 3.85. The average molecular weight is 430 g/mol. The Morgan fingerprint density at radius 2 is 1.87 bits per heavy atom. The molecule has 2 N–H and O–H groups in total. The molecule has 2 heterocycles. The molecule has 1 unspecified atom stereocenters. The topological polar surface area (TPSA) is 98.1 Å². The lowest BCUT2D eigenvalue weighted by Gasteiger charge is -2.19. The Bertz CT molecular complexity index is 1060. The first-order chi connectivity index (χ1) is 14.1. The molecule has 0 saturated carbocycles. The molecule has 160 valence electrons. The number of benzene rings is 1. The van der Waals surface area contributed by atoms with Crippen LogP contribution in [-0.2, 0) is 10.3 Å². The smallest absolute Gasteiger partial charge is 0.273 e. The number of nitrogens with zero attached hydrogens (tertiary/aromatic N) is 3. The van der Waals surface area contributed by atoms with Gasteiger partial charge in [-0.25, -0.2) is 4.68 Å². The molecule has 0 aliphatic heterocycles. The van der Waals surface area contributed by atoms with Crippen LogP contribution in [0.25, 0.3) is 10.3 Å². The maximum atomic E-state index is 12.8. The number of rotatable bonds is 6. The van der Waals surface area contributed by atoms with Gasteiger partial charge < -0.3 is 10.1 Å². The van der Waals surface area contributed by atoms with Gasteiger partial charge in [-0.1, -0.05) is 29.0 Å². The van der Waals surface area contributed by atoms with Crippen molar-refractivity contribution in [2.45, 2.75) is 46.2 Å². The molecule has 0 aliphatic rings. The molecule has 1 aromatic carbocycles. The number of anilines is 1. The van der Waals surface area contributed by atoms with Crippen molar-refractivity contribution in [2.24, 2.45) is 0 Å². The average Bonchev–Trinajstić information content (AvgIpc) is 3.20. The summed E-state index contributed by atoms with van der Waals surface area (Å²) in [5, 5.41) is 10.7. The first kappa shape index (κ1) is 21.9. The minimum absolute atomic E-state index is 0.161. The molecule has 0 bridgehead atoms. The number of hydrogen-bond acceptors (Lipinski definition) is 6. The molecule has 30 heavy (non-hydrogen) atoms. The van der Waals surface area contributed by atoms with E-state index in [2.05, 4.69) is 20.7 Å². The fourth-order valence-electron chi connectivity index (χ4n) is 2.93. The zero-order chi connectivity index (χ0) is 22.1. The van der Waals surface area contributed by atoms with Crippen LogP contribution in [0.15, 0.2) is 24.3 Å². The van der Waals surface area contributed by atoms with Crippen molar-refractivity contribution >= 4 is 38.6 Å². The molecule has 2 aromatic heterocycles. The Hall–Kier alpha value is -2.78. The van der Waals surface area contributed by atoms with Crippen molar-refractivity contribution in [3.05, 3.63) is 41.1 Å². The molecule has 0 saturated heterocycles. The van der Waals surface area contributed by atoms with E-state index in [1.807, 2.05) is 46.8 Å². The Kier molecular flexibility index (Phi) is 6.23. The number of fused-ring (bicyclic) bond motifs is 1. The lowest BCUT2D eigenvalue weighted by atomic mass is 10.1. The van der Waals surface area contributed by atoms with Gasteiger partial charge in [-0.2, -0.15) is 10.1 Å². The third kappa shape index (κ3) is 4.68. The van der Waals surface area contributed by atoms with Gasteiger partial charge in [0, 0.05) is 18.7 Å². The van der Waals surface area contributed by atoms with Crippen LogP contribution < -0.4 is 10.6 Å². The van der Waals surface area contributed by atoms with Gasteiger partial charge in [-0.05, 0) is 46.8 Å². The van der Waals surface area contributed by atoms with Crippen LogP contribution >= 0.6 is 11.3 Å². The SMILES string of the molecule is COCC(C)NC(=O)c1nn(C(C)(C)C)c2nc(NC(=O)c3ccc(C)cc3)sc12. The summed E-state index contributed by atoms with van der Waals surface area (Å²) in [6, 6.07) is 7.14. The lowest BCUT2D eigenvalue weighted by molar-refractivity contribution is 0.0900. The Balaban J connectivity index is 1.94. The van der Waals surface area contributed by atoms with Gasteiger partial charge in [0.25, 0.3) is 11.8 Å². The fraction of sp³-hybridized carbons (Fsp3) is 0.429. The molecule has 0 spiro atoms. The summed E-state index contributed by atoms with van der Waals surface area (Å²) in [6.45, 7) is 10.2. The summed E-state index contributed by atoms with van der Waals surface area (Å²) in [5.41, 5.74) is 2.09. The molecule has 9 heteroatoms. The van der Waals surface area contributed by atoms with Crippen molar-refractivity contribution in [1.82, 2.24) is 20.1 Å². The number of amides is 2. The highest BCUT2D eigenvalue weighted by Gasteiger charge is 2.27. The van der Waals surface area contributed by atoms with Crippen molar-refractivity contribution in [3.8, 4) is 0 Å². The predicted octanol–water partition coefficient (Wildman–Crippen LogP) is 3.57. The lowest BCUT2D eigenvalue weighted by Crippen LogP contribution is -2.36. The van der Waals surface area contributed by atoms with E-state index in [0.717, 1.165) is 5.56 Å². The van der Waals surface area contributed by atoms with Crippen LogP contribution in [0.1, 0.15) is 54.1 Å². The van der Waals surface area contributed by atoms with E-state index in [1.54, 1.807) is 23.9 Å². The second-order valence-electron chi connectivity index (χ2n) is 8.25. The van der Waals surface area contributed by atoms with E-state index >= 15 is 0 Å². The molecule has 0 fully saturated rings. The van der Waals surface area contributed by atoms with Gasteiger partial charge in [0.15, 0.2) is 16.5 Å². The summed E-state index contributed by atoms with van der Waals surface area (Å²) < 4.78 is 7.44. The van der Waals surface area contributed by atoms with Crippen molar-refractivity contribution < 1.29 is 14.3 Å². The molecule has 0 aliphatic carbocycles. The van der Waals surface area contributed by atoms with Crippen molar-refractivity contribution in [3.63, 3.8) is 0 Å². The maximum absolute atomic E-state index is 12.8. The van der Waals surface area contributed by atoms with Crippen molar-refractivity contribution in [1.29, 1.82) is 0 Å². The molecule has 8 nitrogen and oxygen atoms in total. The number of aryl methyl sites for hydroxylation is 1. The van der Waals surface area contributed by atoms with Crippen LogP contribution in [0.2, 0.25) is 0 Å². The normalized spacial score (nSPS) is 12.7. The number of hydrogen-bond donors (Lipinski definition) is 2. The van der Waals surface area contributed by atoms with Gasteiger partial charge >= 0.3 is 0 Å². The minimum atomic E-state index is -0.388. The standard InChI is InChI=1S/C21H27N5O3S/c1-12-7-9-14(10-8-12)18(27)24-20-23-17-16(30-20)15(25-26(17)21(3,4)5)19(28)22-13(2)11-29-6/h7-10,13H,11H2,1-6H3,(H,22,28)(H,23,24,27). The number of carbonyl (C=O) groups is 2. The molecule has 3 rings (SSSR count). The Morgan fingerprint density at radius 3 is 2.47 bits per heavy atom. The van der Waals surface area contributed by atoms with Crippen LogP contribution in [0.3, 0.4) is 0 Å². The third-order valence-electron chi connectivity index (χ3n) is 4.40. The molecule has 3 aromatic rings. The number of thiazole rings is 1. The zero-order valence-corrected chi connectivity index (χ0v) is 18.9. The highest BCUT2D eigenvalue weighted by Crippen LogP contribution is 2.32. The molecule has 0 radical (unpaired) electrons. The van der Waals surface area contributed by atoms with Crippen LogP contribution in [-0.4, -0.2) is 46.3 Å². The van der Waals surface area contributed by atoms with E-state index in [1.165, 1.54) is 11.3 Å². The largest absolute Gasteiger partial charge is 0.383 e. The Labute approximate surface area is 179 Å². The molecular weight excluding hydrogens is 402 g/mol. The van der Waals surface area contributed by atoms with E-state index in [-0.39, 0.29) is 29.1 Å². The maximum Gasteiger partial charge on any atom is 0.273 e. The van der Waals surface area contributed by atoms with Gasteiger partial charge in [0.2, 0.25) is 0 Å². The number of aromatic nitrogens is 3. The van der Waals surface area contributed by atoms with Gasteiger partial charge in [-0.15, -0.1) is 0 Å². The van der Waals surface area contributed by atoms with Crippen LogP contribution in [0, 0.1) is 6.92 Å². The summed E-state index contributed by atoms with van der Waals surface area (Å²) in [5.74, 6) is -0.547. The molecular formula is C21H27N5O3S. The molecule has 2 amide bonds. The van der Waals surface area contributed by atoms with Crippen LogP contribution in [0.5, 0.6) is 0 Å².